The molecule has 4 rings (SSSR count). The number of aryl methyl sites for hydroxylation is 2. The van der Waals surface area contributed by atoms with E-state index in [1.165, 1.54) is 0 Å². The van der Waals surface area contributed by atoms with E-state index in [2.05, 4.69) is 0 Å². The summed E-state index contributed by atoms with van der Waals surface area (Å²) in [5.41, 5.74) is -0.869. The number of ether oxygens (including phenoxy) is 3. The first-order valence-corrected chi connectivity index (χ1v) is 11.2. The predicted octanol–water partition coefficient (Wildman–Crippen LogP) is 6.76. The monoisotopic (exact) mass is 498 g/mol. The zero-order valence-corrected chi connectivity index (χ0v) is 18.9. The molecule has 0 bridgehead atoms. The van der Waals surface area contributed by atoms with Crippen molar-refractivity contribution in [1.29, 1.82) is 0 Å². The average molecular weight is 498 g/mol. The Labute approximate surface area is 198 Å². The lowest BCUT2D eigenvalue weighted by Gasteiger charge is -2.29. The minimum Gasteiger partial charge on any atom is -0.385 e. The third-order valence-electron chi connectivity index (χ3n) is 6.10. The Morgan fingerprint density at radius 1 is 0.914 bits per heavy atom. The molecule has 0 atom stereocenters. The van der Waals surface area contributed by atoms with E-state index < -0.39 is 35.5 Å². The lowest BCUT2D eigenvalue weighted by molar-refractivity contribution is -0.207. The summed E-state index contributed by atoms with van der Waals surface area (Å²) in [6.07, 6.45) is -4.81. The zero-order valence-electron chi connectivity index (χ0n) is 18.9. The van der Waals surface area contributed by atoms with E-state index in [0.29, 0.717) is 42.7 Å². The van der Waals surface area contributed by atoms with Crippen LogP contribution >= 0.6 is 0 Å². The molecule has 0 radical (unpaired) electrons. The van der Waals surface area contributed by atoms with Gasteiger partial charge >= 0.3 is 6.18 Å². The molecule has 0 spiro atoms. The van der Waals surface area contributed by atoms with Gasteiger partial charge in [0.2, 0.25) is 0 Å². The fraction of sp³-hybridized carbons (Fsp3) is 0.385. The molecule has 0 aromatic heterocycles. The number of hydrogen-bond acceptors (Lipinski definition) is 3. The van der Waals surface area contributed by atoms with Crippen LogP contribution in [0.1, 0.15) is 35.0 Å². The molecule has 1 aliphatic heterocycles. The molecule has 3 aromatic carbocycles. The highest BCUT2D eigenvalue weighted by atomic mass is 19.4. The lowest BCUT2D eigenvalue weighted by Crippen LogP contribution is -2.27. The molecule has 188 valence electrons. The first-order chi connectivity index (χ1) is 16.7. The van der Waals surface area contributed by atoms with Gasteiger partial charge in [-0.2, -0.15) is 13.2 Å². The summed E-state index contributed by atoms with van der Waals surface area (Å²) < 4.78 is 97.7. The Hall–Kier alpha value is -2.62. The van der Waals surface area contributed by atoms with Crippen molar-refractivity contribution in [2.75, 3.05) is 26.9 Å². The second-order valence-corrected chi connectivity index (χ2v) is 8.60. The van der Waals surface area contributed by atoms with Crippen LogP contribution in [0.2, 0.25) is 0 Å². The van der Waals surface area contributed by atoms with Gasteiger partial charge in [-0.05, 0) is 54.0 Å². The fourth-order valence-electron chi connectivity index (χ4n) is 4.20. The first-order valence-electron chi connectivity index (χ1n) is 11.2. The van der Waals surface area contributed by atoms with E-state index in [0.717, 1.165) is 12.0 Å². The highest BCUT2D eigenvalue weighted by Crippen LogP contribution is 2.34. The van der Waals surface area contributed by atoms with Crippen LogP contribution in [0.4, 0.5) is 26.3 Å². The summed E-state index contributed by atoms with van der Waals surface area (Å²) in [4.78, 5) is 0. The van der Waals surface area contributed by atoms with Crippen molar-refractivity contribution in [2.24, 2.45) is 5.92 Å². The number of benzene rings is 3. The molecule has 0 saturated carbocycles. The van der Waals surface area contributed by atoms with Gasteiger partial charge in [0.25, 0.3) is 0 Å². The van der Waals surface area contributed by atoms with Crippen molar-refractivity contribution < 1.29 is 40.6 Å². The maximum atomic E-state index is 15.1. The molecule has 3 aromatic rings. The van der Waals surface area contributed by atoms with Gasteiger partial charge in [0.15, 0.2) is 6.29 Å². The number of alkyl halides is 3. The van der Waals surface area contributed by atoms with Crippen molar-refractivity contribution in [2.45, 2.75) is 31.7 Å². The molecule has 35 heavy (non-hydrogen) atoms. The van der Waals surface area contributed by atoms with Gasteiger partial charge in [-0.15, -0.1) is 0 Å². The van der Waals surface area contributed by atoms with Gasteiger partial charge in [0.1, 0.15) is 23.0 Å². The van der Waals surface area contributed by atoms with Crippen molar-refractivity contribution in [3.05, 3.63) is 82.2 Å². The molecule has 1 heterocycles. The lowest BCUT2D eigenvalue weighted by atomic mass is 9.98. The molecule has 1 aliphatic rings. The van der Waals surface area contributed by atoms with Crippen molar-refractivity contribution in [3.8, 4) is 0 Å². The Bertz CT molecular complexity index is 1160. The summed E-state index contributed by atoms with van der Waals surface area (Å²) in [5, 5.41) is 0.980. The van der Waals surface area contributed by atoms with Crippen LogP contribution in [0.5, 0.6) is 0 Å². The Kier molecular flexibility index (Phi) is 7.68. The Morgan fingerprint density at radius 3 is 2.23 bits per heavy atom. The predicted molar refractivity (Wildman–Crippen MR) is 117 cm³/mol. The molecule has 1 saturated heterocycles. The summed E-state index contributed by atoms with van der Waals surface area (Å²) in [6, 6.07) is 9.67. The summed E-state index contributed by atoms with van der Waals surface area (Å²) in [6.45, 7) is 1.69. The quantitative estimate of drug-likeness (QED) is 0.337. The molecular weight excluding hydrogens is 474 g/mol. The SMILES string of the molecule is COCCC1COC(c2ccc3c(F)c(CCc4cc(F)c(C(F)(F)F)c(F)c4)ccc3c2)OC1. The van der Waals surface area contributed by atoms with E-state index >= 15 is 4.39 Å². The van der Waals surface area contributed by atoms with Crippen LogP contribution in [-0.4, -0.2) is 26.9 Å². The highest BCUT2D eigenvalue weighted by molar-refractivity contribution is 5.84. The van der Waals surface area contributed by atoms with Gasteiger partial charge < -0.3 is 14.2 Å². The minimum atomic E-state index is -5.13. The molecular formula is C26H24F6O3. The molecule has 0 amide bonds. The van der Waals surface area contributed by atoms with Crippen LogP contribution in [0, 0.1) is 23.4 Å². The average Bonchev–Trinajstić information content (AvgIpc) is 2.81. The topological polar surface area (TPSA) is 27.7 Å². The van der Waals surface area contributed by atoms with Crippen LogP contribution in [-0.2, 0) is 33.2 Å². The van der Waals surface area contributed by atoms with E-state index in [-0.39, 0.29) is 29.9 Å². The largest absolute Gasteiger partial charge is 0.422 e. The van der Waals surface area contributed by atoms with Crippen LogP contribution < -0.4 is 0 Å². The van der Waals surface area contributed by atoms with Crippen molar-refractivity contribution in [1.82, 2.24) is 0 Å². The second kappa shape index (κ2) is 10.6. The molecule has 3 nitrogen and oxygen atoms in total. The summed E-state index contributed by atoms with van der Waals surface area (Å²) in [7, 11) is 1.64. The number of rotatable bonds is 7. The zero-order chi connectivity index (χ0) is 25.2. The van der Waals surface area contributed by atoms with Gasteiger partial charge in [-0.3, -0.25) is 0 Å². The summed E-state index contributed by atoms with van der Waals surface area (Å²) in [5.74, 6) is -3.61. The Morgan fingerprint density at radius 2 is 1.60 bits per heavy atom. The van der Waals surface area contributed by atoms with Crippen molar-refractivity contribution >= 4 is 10.8 Å². The number of methoxy groups -OCH3 is 1. The number of fused-ring (bicyclic) bond motifs is 1. The maximum absolute atomic E-state index is 15.1. The van der Waals surface area contributed by atoms with Gasteiger partial charge in [-0.25, -0.2) is 13.2 Å². The van der Waals surface area contributed by atoms with E-state index in [1.54, 1.807) is 37.4 Å². The van der Waals surface area contributed by atoms with Gasteiger partial charge in [-0.1, -0.05) is 24.3 Å². The number of halogens is 6. The van der Waals surface area contributed by atoms with Crippen LogP contribution in [0.15, 0.2) is 42.5 Å². The van der Waals surface area contributed by atoms with Crippen LogP contribution in [0.3, 0.4) is 0 Å². The summed E-state index contributed by atoms with van der Waals surface area (Å²) >= 11 is 0. The van der Waals surface area contributed by atoms with Crippen molar-refractivity contribution in [3.63, 3.8) is 0 Å². The molecule has 0 unspecified atom stereocenters. The molecule has 0 aliphatic carbocycles. The third kappa shape index (κ3) is 5.79. The minimum absolute atomic E-state index is 0.0123. The highest BCUT2D eigenvalue weighted by Gasteiger charge is 2.37. The number of hydrogen-bond donors (Lipinski definition) is 0. The molecule has 9 heteroatoms. The molecule has 1 fully saturated rings. The first kappa shape index (κ1) is 25.5. The normalized spacial score (nSPS) is 18.8. The van der Waals surface area contributed by atoms with Gasteiger partial charge in [0.05, 0.1) is 13.2 Å². The maximum Gasteiger partial charge on any atom is 0.422 e. The van der Waals surface area contributed by atoms with E-state index in [9.17, 15) is 22.0 Å². The third-order valence-corrected chi connectivity index (χ3v) is 6.10. The smallest absolute Gasteiger partial charge is 0.385 e. The molecule has 0 N–H and O–H groups in total. The van der Waals surface area contributed by atoms with Crippen LogP contribution in [0.25, 0.3) is 10.8 Å². The fourth-order valence-corrected chi connectivity index (χ4v) is 4.20. The second-order valence-electron chi connectivity index (χ2n) is 8.60. The Balaban J connectivity index is 1.46. The van der Waals surface area contributed by atoms with E-state index in [4.69, 9.17) is 14.2 Å². The standard InChI is InChI=1S/C26H24F6O3/c1-33-9-8-16-13-34-25(35-14-16)19-6-7-20-18(12-19)5-4-17(24(20)29)3-2-15-10-21(27)23(22(28)11-15)26(30,31)32/h4-7,10-12,16,25H,2-3,8-9,13-14H2,1H3. The van der Waals surface area contributed by atoms with E-state index in [1.807, 2.05) is 0 Å². The van der Waals surface area contributed by atoms with Gasteiger partial charge in [0, 0.05) is 30.6 Å².